The van der Waals surface area contributed by atoms with Crippen molar-refractivity contribution in [2.45, 2.75) is 38.0 Å². The van der Waals surface area contributed by atoms with Crippen LogP contribution in [-0.2, 0) is 6.18 Å². The molecule has 38 heavy (non-hydrogen) atoms. The van der Waals surface area contributed by atoms with Crippen LogP contribution in [0.25, 0.3) is 5.70 Å². The fourth-order valence-electron chi connectivity index (χ4n) is 4.63. The van der Waals surface area contributed by atoms with Crippen molar-refractivity contribution in [3.8, 4) is 5.75 Å². The van der Waals surface area contributed by atoms with Gasteiger partial charge in [0.1, 0.15) is 12.5 Å². The number of aliphatic hydroxyl groups is 1. The van der Waals surface area contributed by atoms with Crippen LogP contribution < -0.4 is 15.8 Å². The summed E-state index contributed by atoms with van der Waals surface area (Å²) in [6.45, 7) is 2.99. The Kier molecular flexibility index (Phi) is 8.08. The van der Waals surface area contributed by atoms with Crippen molar-refractivity contribution in [2.24, 2.45) is 5.73 Å². The minimum Gasteiger partial charge on any atom is -0.478 e. The molecule has 1 heterocycles. The van der Waals surface area contributed by atoms with Crippen LogP contribution in [0.3, 0.4) is 0 Å². The minimum absolute atomic E-state index is 0.0852. The number of nitrogens with one attached hydrogen (secondary N) is 1. The maximum atomic E-state index is 13.7. The molecule has 1 aliphatic heterocycles. The first kappa shape index (κ1) is 27.2. The van der Waals surface area contributed by atoms with Gasteiger partial charge in [-0.25, -0.2) is 4.79 Å². The van der Waals surface area contributed by atoms with E-state index in [1.165, 1.54) is 11.0 Å². The highest BCUT2D eigenvalue weighted by Crippen LogP contribution is 2.50. The predicted octanol–water partition coefficient (Wildman–Crippen LogP) is 5.58. The molecular formula is C29H30F3N3O3. The molecule has 0 saturated carbocycles. The lowest BCUT2D eigenvalue weighted by Crippen LogP contribution is -2.45. The lowest BCUT2D eigenvalue weighted by molar-refractivity contribution is -0.137. The van der Waals surface area contributed by atoms with Crippen molar-refractivity contribution in [2.75, 3.05) is 13.3 Å². The van der Waals surface area contributed by atoms with Gasteiger partial charge in [0.05, 0.1) is 30.0 Å². The maximum Gasteiger partial charge on any atom is 0.416 e. The molecule has 200 valence electrons. The topological polar surface area (TPSA) is 87.8 Å². The first-order valence-electron chi connectivity index (χ1n) is 12.2. The number of hydrogen-bond acceptors (Lipinski definition) is 4. The minimum atomic E-state index is -4.58. The molecule has 0 saturated heterocycles. The van der Waals surface area contributed by atoms with Crippen LogP contribution in [0.2, 0.25) is 0 Å². The molecule has 0 radical (unpaired) electrons. The number of nitrogens with two attached hydrogens (primary N) is 1. The van der Waals surface area contributed by atoms with E-state index in [1.54, 1.807) is 6.92 Å². The molecule has 2 amide bonds. The maximum absolute atomic E-state index is 13.7. The van der Waals surface area contributed by atoms with E-state index < -0.39 is 29.9 Å². The Morgan fingerprint density at radius 3 is 2.37 bits per heavy atom. The number of halogens is 3. The van der Waals surface area contributed by atoms with Gasteiger partial charge in [-0.2, -0.15) is 13.2 Å². The molecule has 3 atom stereocenters. The molecule has 3 unspecified atom stereocenters. The van der Waals surface area contributed by atoms with Crippen LogP contribution >= 0.6 is 0 Å². The summed E-state index contributed by atoms with van der Waals surface area (Å²) in [6, 6.07) is 18.9. The number of carbonyl (C=O) groups excluding carboxylic acids is 1. The first-order chi connectivity index (χ1) is 18.1. The number of ether oxygens (including phenoxy) is 1. The van der Waals surface area contributed by atoms with Gasteiger partial charge in [0.15, 0.2) is 0 Å². The fraction of sp³-hybridized carbons (Fsp3) is 0.276. The molecule has 1 aliphatic rings. The third-order valence-corrected chi connectivity index (χ3v) is 6.50. The average Bonchev–Trinajstić information content (AvgIpc) is 3.30. The van der Waals surface area contributed by atoms with Crippen LogP contribution in [0.4, 0.5) is 18.0 Å². The highest BCUT2D eigenvalue weighted by Gasteiger charge is 2.42. The highest BCUT2D eigenvalue weighted by atomic mass is 19.4. The standard InChI is InChI=1S/C29H30F3N3O3/c1-18-8-10-21(11-9-18)27-24(20-6-4-3-5-7-20)15-25(35(27)28(37)34-19(2)16-36)23-13-12-22(29(30,31)32)14-26(23)38-17-33/h3-15,19,24,27,36H,16-17,33H2,1-2H3,(H,34,37). The number of carbonyl (C=O) groups is 1. The normalized spacial score (nSPS) is 18.2. The van der Waals surface area contributed by atoms with Crippen molar-refractivity contribution in [3.05, 3.63) is 107 Å². The number of urea groups is 1. The second kappa shape index (κ2) is 11.3. The number of hydrogen-bond donors (Lipinski definition) is 3. The molecule has 0 fully saturated rings. The third-order valence-electron chi connectivity index (χ3n) is 6.50. The number of aryl methyl sites for hydroxylation is 1. The second-order valence-corrected chi connectivity index (χ2v) is 9.27. The molecule has 3 aromatic rings. The number of amides is 2. The van der Waals surface area contributed by atoms with E-state index in [0.717, 1.165) is 28.8 Å². The van der Waals surface area contributed by atoms with Gasteiger partial charge >= 0.3 is 12.2 Å². The summed E-state index contributed by atoms with van der Waals surface area (Å²) in [4.78, 5) is 15.3. The van der Waals surface area contributed by atoms with Gasteiger partial charge in [-0.15, -0.1) is 0 Å². The van der Waals surface area contributed by atoms with E-state index >= 15 is 0 Å². The van der Waals surface area contributed by atoms with Crippen molar-refractivity contribution in [1.82, 2.24) is 10.2 Å². The van der Waals surface area contributed by atoms with E-state index in [9.17, 15) is 23.1 Å². The number of alkyl halides is 3. The quantitative estimate of drug-likeness (QED) is 0.352. The van der Waals surface area contributed by atoms with Crippen molar-refractivity contribution < 1.29 is 27.8 Å². The van der Waals surface area contributed by atoms with Crippen LogP contribution in [0, 0.1) is 6.92 Å². The van der Waals surface area contributed by atoms with Gasteiger partial charge in [-0.3, -0.25) is 10.6 Å². The van der Waals surface area contributed by atoms with E-state index in [4.69, 9.17) is 10.5 Å². The van der Waals surface area contributed by atoms with E-state index in [0.29, 0.717) is 11.3 Å². The monoisotopic (exact) mass is 525 g/mol. The zero-order valence-corrected chi connectivity index (χ0v) is 21.1. The Bertz CT molecular complexity index is 1290. The van der Waals surface area contributed by atoms with Gasteiger partial charge in [0, 0.05) is 11.5 Å². The number of rotatable bonds is 7. The van der Waals surface area contributed by atoms with Gasteiger partial charge < -0.3 is 15.2 Å². The molecule has 4 rings (SSSR count). The molecule has 0 spiro atoms. The summed E-state index contributed by atoms with van der Waals surface area (Å²) in [5.74, 6) is -0.407. The molecule has 0 aromatic heterocycles. The Labute approximate surface area is 219 Å². The third kappa shape index (κ3) is 5.69. The molecule has 6 nitrogen and oxygen atoms in total. The molecular weight excluding hydrogens is 495 g/mol. The Morgan fingerprint density at radius 2 is 1.76 bits per heavy atom. The Morgan fingerprint density at radius 1 is 1.08 bits per heavy atom. The Hall–Kier alpha value is -3.82. The molecule has 4 N–H and O–H groups in total. The van der Waals surface area contributed by atoms with E-state index in [1.807, 2.05) is 67.6 Å². The number of nitrogens with zero attached hydrogens (tertiary/aromatic N) is 1. The summed E-state index contributed by atoms with van der Waals surface area (Å²) >= 11 is 0. The lowest BCUT2D eigenvalue weighted by atomic mass is 9.88. The molecule has 0 bridgehead atoms. The molecule has 0 aliphatic carbocycles. The van der Waals surface area contributed by atoms with Crippen LogP contribution in [0.1, 0.15) is 46.7 Å². The van der Waals surface area contributed by atoms with E-state index in [-0.39, 0.29) is 25.0 Å². The van der Waals surface area contributed by atoms with Gasteiger partial charge in [-0.1, -0.05) is 60.2 Å². The number of benzene rings is 3. The summed E-state index contributed by atoms with van der Waals surface area (Å²) in [6.07, 6.45) is -2.71. The van der Waals surface area contributed by atoms with Crippen LogP contribution in [0.15, 0.2) is 78.9 Å². The summed E-state index contributed by atoms with van der Waals surface area (Å²) in [7, 11) is 0. The first-order valence-corrected chi connectivity index (χ1v) is 12.2. The van der Waals surface area contributed by atoms with Gasteiger partial charge in [0.2, 0.25) is 0 Å². The van der Waals surface area contributed by atoms with Crippen molar-refractivity contribution >= 4 is 11.7 Å². The number of aliphatic hydroxyl groups excluding tert-OH is 1. The smallest absolute Gasteiger partial charge is 0.416 e. The average molecular weight is 526 g/mol. The highest BCUT2D eigenvalue weighted by molar-refractivity contribution is 5.90. The van der Waals surface area contributed by atoms with Crippen LogP contribution in [-0.4, -0.2) is 35.4 Å². The second-order valence-electron chi connectivity index (χ2n) is 9.27. The van der Waals surface area contributed by atoms with Crippen LogP contribution in [0.5, 0.6) is 5.75 Å². The molecule has 3 aromatic carbocycles. The summed E-state index contributed by atoms with van der Waals surface area (Å²) in [5, 5.41) is 12.4. The predicted molar refractivity (Wildman–Crippen MR) is 139 cm³/mol. The van der Waals surface area contributed by atoms with E-state index in [2.05, 4.69) is 5.32 Å². The lowest BCUT2D eigenvalue weighted by Gasteiger charge is -2.33. The SMILES string of the molecule is Cc1ccc(C2C(c3ccccc3)C=C(c3ccc(C(F)(F)F)cc3OCN)N2C(=O)NC(C)CO)cc1. The van der Waals surface area contributed by atoms with Crippen molar-refractivity contribution in [1.29, 1.82) is 0 Å². The zero-order chi connectivity index (χ0) is 27.4. The molecule has 9 heteroatoms. The van der Waals surface area contributed by atoms with Crippen molar-refractivity contribution in [3.63, 3.8) is 0 Å². The Balaban J connectivity index is 1.93. The van der Waals surface area contributed by atoms with Gasteiger partial charge in [-0.05, 0) is 49.2 Å². The fourth-order valence-corrected chi connectivity index (χ4v) is 4.63. The summed E-state index contributed by atoms with van der Waals surface area (Å²) < 4.78 is 46.0. The summed E-state index contributed by atoms with van der Waals surface area (Å²) in [5.41, 5.74) is 8.18. The largest absolute Gasteiger partial charge is 0.478 e. The van der Waals surface area contributed by atoms with Gasteiger partial charge in [0.25, 0.3) is 0 Å². The zero-order valence-electron chi connectivity index (χ0n) is 21.1.